The Balaban J connectivity index is 2.48. The highest BCUT2D eigenvalue weighted by Gasteiger charge is 2.14. The van der Waals surface area contributed by atoms with Crippen molar-refractivity contribution in [2.24, 2.45) is 0 Å². The molecule has 80 valence electrons. The maximum Gasteiger partial charge on any atom is 0.177 e. The normalized spacial score (nSPS) is 12.9. The number of aryl methyl sites for hydroxylation is 1. The van der Waals surface area contributed by atoms with Gasteiger partial charge in [-0.2, -0.15) is 0 Å². The van der Waals surface area contributed by atoms with E-state index < -0.39 is 0 Å². The molecular weight excluding hydrogens is 224 g/mol. The van der Waals surface area contributed by atoms with Crippen LogP contribution in [0.15, 0.2) is 23.7 Å². The van der Waals surface area contributed by atoms with E-state index in [1.165, 1.54) is 10.6 Å². The van der Waals surface area contributed by atoms with Crippen LogP contribution in [0.4, 0.5) is 0 Å². The number of hydrogen-bond donors (Lipinski definition) is 1. The average Bonchev–Trinajstić information content (AvgIpc) is 2.83. The van der Waals surface area contributed by atoms with Crippen molar-refractivity contribution in [2.75, 3.05) is 0 Å². The number of H-pyrrole nitrogens is 1. The zero-order valence-corrected chi connectivity index (χ0v) is 10.5. The summed E-state index contributed by atoms with van der Waals surface area (Å²) in [6.07, 6.45) is 3.03. The van der Waals surface area contributed by atoms with E-state index in [1.54, 1.807) is 11.3 Å². The molecule has 0 amide bonds. The number of aromatic nitrogens is 2. The van der Waals surface area contributed by atoms with Crippen molar-refractivity contribution < 1.29 is 0 Å². The molecule has 0 aromatic carbocycles. The zero-order valence-electron chi connectivity index (χ0n) is 8.86. The van der Waals surface area contributed by atoms with Crippen LogP contribution >= 0.6 is 23.6 Å². The lowest BCUT2D eigenvalue weighted by Crippen LogP contribution is -2.09. The Bertz CT molecular complexity index is 479. The molecule has 15 heavy (non-hydrogen) atoms. The van der Waals surface area contributed by atoms with Crippen molar-refractivity contribution in [2.45, 2.75) is 26.3 Å². The topological polar surface area (TPSA) is 20.7 Å². The van der Waals surface area contributed by atoms with E-state index in [-0.39, 0.29) is 0 Å². The van der Waals surface area contributed by atoms with Gasteiger partial charge in [0.15, 0.2) is 4.77 Å². The Morgan fingerprint density at radius 3 is 2.87 bits per heavy atom. The third-order valence-electron chi connectivity index (χ3n) is 2.57. The van der Waals surface area contributed by atoms with Crippen molar-refractivity contribution in [1.82, 2.24) is 9.55 Å². The van der Waals surface area contributed by atoms with E-state index >= 15 is 0 Å². The molecule has 4 heteroatoms. The number of thiophene rings is 1. The zero-order chi connectivity index (χ0) is 10.8. The summed E-state index contributed by atoms with van der Waals surface area (Å²) >= 11 is 7.09. The number of nitrogens with zero attached hydrogens (tertiary/aromatic N) is 1. The SMILES string of the molecule is CCC(c1cccs1)n1c(C)c[nH]c1=S. The first-order chi connectivity index (χ1) is 7.24. The molecular formula is C11H14N2S2. The molecule has 0 radical (unpaired) electrons. The lowest BCUT2D eigenvalue weighted by molar-refractivity contribution is 0.557. The van der Waals surface area contributed by atoms with Gasteiger partial charge in [0.2, 0.25) is 0 Å². The number of aromatic amines is 1. The minimum Gasteiger partial charge on any atom is -0.337 e. The van der Waals surface area contributed by atoms with Crippen LogP contribution in [0.25, 0.3) is 0 Å². The highest BCUT2D eigenvalue weighted by molar-refractivity contribution is 7.71. The molecule has 1 atom stereocenters. The third-order valence-corrected chi connectivity index (χ3v) is 3.86. The molecule has 0 saturated carbocycles. The summed E-state index contributed by atoms with van der Waals surface area (Å²) < 4.78 is 3.01. The summed E-state index contributed by atoms with van der Waals surface area (Å²) in [5, 5.41) is 2.11. The minimum absolute atomic E-state index is 0.378. The molecule has 0 fully saturated rings. The summed E-state index contributed by atoms with van der Waals surface area (Å²) in [4.78, 5) is 4.47. The molecule has 0 aliphatic carbocycles. The van der Waals surface area contributed by atoms with Crippen LogP contribution in [0.5, 0.6) is 0 Å². The molecule has 2 rings (SSSR count). The Morgan fingerprint density at radius 1 is 1.60 bits per heavy atom. The van der Waals surface area contributed by atoms with Crippen LogP contribution in [-0.2, 0) is 0 Å². The van der Waals surface area contributed by atoms with Gasteiger partial charge in [0.1, 0.15) is 0 Å². The van der Waals surface area contributed by atoms with E-state index in [9.17, 15) is 0 Å². The van der Waals surface area contributed by atoms with Crippen molar-refractivity contribution in [1.29, 1.82) is 0 Å². The summed E-state index contributed by atoms with van der Waals surface area (Å²) in [7, 11) is 0. The first kappa shape index (κ1) is 10.6. The Morgan fingerprint density at radius 2 is 2.40 bits per heavy atom. The first-order valence-electron chi connectivity index (χ1n) is 5.04. The molecule has 0 aliphatic rings. The Labute approximate surface area is 98.6 Å². The number of rotatable bonds is 3. The second-order valence-electron chi connectivity index (χ2n) is 3.54. The molecule has 0 spiro atoms. The van der Waals surface area contributed by atoms with E-state index in [0.29, 0.717) is 6.04 Å². The van der Waals surface area contributed by atoms with Gasteiger partial charge in [0.25, 0.3) is 0 Å². The molecule has 0 aliphatic heterocycles. The average molecular weight is 238 g/mol. The van der Waals surface area contributed by atoms with Gasteiger partial charge in [-0.1, -0.05) is 13.0 Å². The molecule has 2 aromatic heterocycles. The van der Waals surface area contributed by atoms with E-state index in [4.69, 9.17) is 12.2 Å². The van der Waals surface area contributed by atoms with Gasteiger partial charge in [0.05, 0.1) is 6.04 Å². The fourth-order valence-corrected chi connectivity index (χ4v) is 3.08. The van der Waals surface area contributed by atoms with E-state index in [0.717, 1.165) is 11.2 Å². The van der Waals surface area contributed by atoms with Crippen LogP contribution in [0.1, 0.15) is 30.0 Å². The first-order valence-corrected chi connectivity index (χ1v) is 6.32. The summed E-state index contributed by atoms with van der Waals surface area (Å²) in [6.45, 7) is 4.28. The van der Waals surface area contributed by atoms with E-state index in [2.05, 4.69) is 40.9 Å². The van der Waals surface area contributed by atoms with Gasteiger partial charge in [-0.05, 0) is 37.0 Å². The number of imidazole rings is 1. The summed E-state index contributed by atoms with van der Waals surface area (Å²) in [5.41, 5.74) is 1.19. The smallest absolute Gasteiger partial charge is 0.177 e. The monoisotopic (exact) mass is 238 g/mol. The van der Waals surface area contributed by atoms with Crippen LogP contribution in [0.2, 0.25) is 0 Å². The highest BCUT2D eigenvalue weighted by Crippen LogP contribution is 2.27. The standard InChI is InChI=1S/C11H14N2S2/c1-3-9(10-5-4-6-15-10)13-8(2)7-12-11(13)14/h4-7,9H,3H2,1-2H3,(H,12,14). The Hall–Kier alpha value is -0.870. The van der Waals surface area contributed by atoms with Crippen molar-refractivity contribution in [3.8, 4) is 0 Å². The van der Waals surface area contributed by atoms with Crippen LogP contribution < -0.4 is 0 Å². The molecule has 0 bridgehead atoms. The second-order valence-corrected chi connectivity index (χ2v) is 4.91. The maximum absolute atomic E-state index is 5.30. The van der Waals surface area contributed by atoms with Gasteiger partial charge in [-0.25, -0.2) is 0 Å². The lowest BCUT2D eigenvalue weighted by atomic mass is 10.2. The summed E-state index contributed by atoms with van der Waals surface area (Å²) in [6, 6.07) is 4.64. The Kier molecular flexibility index (Phi) is 3.07. The van der Waals surface area contributed by atoms with Crippen molar-refractivity contribution >= 4 is 23.6 Å². The summed E-state index contributed by atoms with van der Waals surface area (Å²) in [5.74, 6) is 0. The van der Waals surface area contributed by atoms with Crippen molar-refractivity contribution in [3.05, 3.63) is 39.1 Å². The fourth-order valence-electron chi connectivity index (χ4n) is 1.84. The van der Waals surface area contributed by atoms with Gasteiger partial charge in [-0.3, -0.25) is 0 Å². The number of hydrogen-bond acceptors (Lipinski definition) is 2. The highest BCUT2D eigenvalue weighted by atomic mass is 32.1. The predicted octanol–water partition coefficient (Wildman–Crippen LogP) is 3.92. The lowest BCUT2D eigenvalue weighted by Gasteiger charge is -2.16. The molecule has 2 nitrogen and oxygen atoms in total. The van der Waals surface area contributed by atoms with Gasteiger partial charge >= 0.3 is 0 Å². The quantitative estimate of drug-likeness (QED) is 0.804. The predicted molar refractivity (Wildman–Crippen MR) is 67.1 cm³/mol. The molecule has 2 aromatic rings. The maximum atomic E-state index is 5.30. The number of nitrogens with one attached hydrogen (secondary N) is 1. The van der Waals surface area contributed by atoms with Crippen LogP contribution in [0.3, 0.4) is 0 Å². The van der Waals surface area contributed by atoms with Gasteiger partial charge in [0, 0.05) is 16.8 Å². The second kappa shape index (κ2) is 4.33. The van der Waals surface area contributed by atoms with Crippen LogP contribution in [0, 0.1) is 11.7 Å². The minimum atomic E-state index is 0.378. The van der Waals surface area contributed by atoms with Gasteiger partial charge in [-0.15, -0.1) is 11.3 Å². The molecule has 1 unspecified atom stereocenters. The fraction of sp³-hybridized carbons (Fsp3) is 0.364. The largest absolute Gasteiger partial charge is 0.337 e. The molecule has 0 saturated heterocycles. The van der Waals surface area contributed by atoms with Gasteiger partial charge < -0.3 is 9.55 Å². The van der Waals surface area contributed by atoms with Crippen LogP contribution in [-0.4, -0.2) is 9.55 Å². The molecule has 2 heterocycles. The molecule has 1 N–H and O–H groups in total. The third kappa shape index (κ3) is 1.92. The van der Waals surface area contributed by atoms with E-state index in [1.807, 2.05) is 6.20 Å². The van der Waals surface area contributed by atoms with Crippen molar-refractivity contribution in [3.63, 3.8) is 0 Å².